The van der Waals surface area contributed by atoms with Crippen molar-refractivity contribution in [2.45, 2.75) is 26.2 Å². The molecule has 1 N–H and O–H groups in total. The second-order valence-corrected chi connectivity index (χ2v) is 9.89. The number of aryl methyl sites for hydroxylation is 1. The lowest BCUT2D eigenvalue weighted by Crippen LogP contribution is -2.13. The zero-order valence-electron chi connectivity index (χ0n) is 21.1. The molecule has 1 amide bonds. The topological polar surface area (TPSA) is 129 Å². The molecule has 10 nitrogen and oxygen atoms in total. The van der Waals surface area contributed by atoms with Gasteiger partial charge in [-0.25, -0.2) is 18.7 Å². The van der Waals surface area contributed by atoms with E-state index in [0.717, 1.165) is 24.2 Å². The predicted molar refractivity (Wildman–Crippen MR) is 142 cm³/mol. The number of methoxy groups -OCH3 is 1. The molecule has 0 bridgehead atoms. The maximum absolute atomic E-state index is 13.6. The number of hydrogen-bond acceptors (Lipinski definition) is 10. The molecule has 0 spiro atoms. The Balaban J connectivity index is 1.39. The lowest BCUT2D eigenvalue weighted by atomic mass is 9.95. The molecule has 1 aliphatic rings. The number of alkyl halides is 2. The highest BCUT2D eigenvalue weighted by Crippen LogP contribution is 2.37. The molecule has 0 atom stereocenters. The fourth-order valence-electron chi connectivity index (χ4n) is 3.88. The van der Waals surface area contributed by atoms with E-state index in [0.29, 0.717) is 39.1 Å². The van der Waals surface area contributed by atoms with Crippen LogP contribution in [0, 0.1) is 24.7 Å². The average molecular weight is 560 g/mol. The minimum absolute atomic E-state index is 0.171. The van der Waals surface area contributed by atoms with Gasteiger partial charge in [-0.3, -0.25) is 15.1 Å². The summed E-state index contributed by atoms with van der Waals surface area (Å²) in [4.78, 5) is 35.2. The predicted octanol–water partition coefficient (Wildman–Crippen LogP) is 5.47. The normalized spacial score (nSPS) is 12.8. The van der Waals surface area contributed by atoms with Crippen molar-refractivity contribution in [1.82, 2.24) is 30.1 Å². The van der Waals surface area contributed by atoms with Gasteiger partial charge in [0.15, 0.2) is 15.6 Å². The number of benzene rings is 1. The molecule has 1 aliphatic carbocycles. The number of halogens is 2. The Labute approximate surface area is 229 Å². The molecule has 0 saturated heterocycles. The highest BCUT2D eigenvalue weighted by molar-refractivity contribution is 7.21. The van der Waals surface area contributed by atoms with Crippen molar-refractivity contribution in [3.8, 4) is 40.1 Å². The lowest BCUT2D eigenvalue weighted by molar-refractivity contribution is 0.102. The molecule has 5 aromatic rings. The van der Waals surface area contributed by atoms with Gasteiger partial charge < -0.3 is 9.26 Å². The molecule has 13 heteroatoms. The summed E-state index contributed by atoms with van der Waals surface area (Å²) in [5, 5.41) is 6.97. The van der Waals surface area contributed by atoms with E-state index in [-0.39, 0.29) is 27.8 Å². The van der Waals surface area contributed by atoms with Gasteiger partial charge in [0.2, 0.25) is 11.7 Å². The minimum atomic E-state index is -2.83. The van der Waals surface area contributed by atoms with Crippen molar-refractivity contribution in [3.05, 3.63) is 59.5 Å². The third-order valence-electron chi connectivity index (χ3n) is 6.00. The summed E-state index contributed by atoms with van der Waals surface area (Å²) < 4.78 is 37.6. The number of rotatable bonds is 6. The van der Waals surface area contributed by atoms with Crippen LogP contribution in [-0.2, 0) is 0 Å². The number of nitrogens with zero attached hydrogens (tertiary/aromatic N) is 6. The lowest BCUT2D eigenvalue weighted by Gasteiger charge is -2.15. The first-order chi connectivity index (χ1) is 19.4. The molecule has 1 fully saturated rings. The zero-order chi connectivity index (χ0) is 27.8. The number of carbonyl (C=O) groups excluding carboxylic acids is 1. The maximum atomic E-state index is 13.6. The molecule has 1 saturated carbocycles. The van der Waals surface area contributed by atoms with Gasteiger partial charge in [-0.15, -0.1) is 0 Å². The summed E-state index contributed by atoms with van der Waals surface area (Å²) >= 11 is 1.15. The zero-order valence-corrected chi connectivity index (χ0v) is 21.9. The molecule has 200 valence electrons. The summed E-state index contributed by atoms with van der Waals surface area (Å²) in [5.41, 5.74) is 1.67. The van der Waals surface area contributed by atoms with E-state index >= 15 is 0 Å². The Kier molecular flexibility index (Phi) is 6.61. The van der Waals surface area contributed by atoms with Crippen molar-refractivity contribution in [1.29, 1.82) is 0 Å². The maximum Gasteiger partial charge on any atom is 0.280 e. The van der Waals surface area contributed by atoms with Crippen LogP contribution < -0.4 is 10.1 Å². The Bertz CT molecular complexity index is 1820. The van der Waals surface area contributed by atoms with Gasteiger partial charge >= 0.3 is 0 Å². The number of carbonyl (C=O) groups is 1. The first-order valence-corrected chi connectivity index (χ1v) is 12.9. The second-order valence-electron chi connectivity index (χ2n) is 8.91. The fourth-order valence-corrected chi connectivity index (χ4v) is 4.67. The number of amides is 1. The Hall–Kier alpha value is -4.83. The quantitative estimate of drug-likeness (QED) is 0.269. The van der Waals surface area contributed by atoms with E-state index in [9.17, 15) is 13.6 Å². The molecule has 0 radical (unpaired) electrons. The highest BCUT2D eigenvalue weighted by atomic mass is 32.1. The van der Waals surface area contributed by atoms with E-state index in [1.165, 1.54) is 19.4 Å². The number of fused-ring (bicyclic) bond motifs is 1. The summed E-state index contributed by atoms with van der Waals surface area (Å²) in [7, 11) is 1.39. The molecule has 0 unspecified atom stereocenters. The number of thiazole rings is 1. The minimum Gasteiger partial charge on any atom is -0.494 e. The first-order valence-electron chi connectivity index (χ1n) is 12.1. The van der Waals surface area contributed by atoms with Gasteiger partial charge in [0.1, 0.15) is 17.1 Å². The Morgan fingerprint density at radius 3 is 2.73 bits per heavy atom. The molecule has 6 rings (SSSR count). The molecular formula is C27H19F2N7O3S. The third kappa shape index (κ3) is 5.21. The number of anilines is 1. The highest BCUT2D eigenvalue weighted by Gasteiger charge is 2.22. The van der Waals surface area contributed by atoms with Crippen molar-refractivity contribution in [2.75, 3.05) is 12.4 Å². The number of aromatic nitrogens is 6. The van der Waals surface area contributed by atoms with Crippen LogP contribution in [0.3, 0.4) is 0 Å². The van der Waals surface area contributed by atoms with Gasteiger partial charge in [-0.05, 0) is 42.5 Å². The Morgan fingerprint density at radius 2 is 2.00 bits per heavy atom. The third-order valence-corrected chi connectivity index (χ3v) is 6.85. The molecule has 4 heterocycles. The van der Waals surface area contributed by atoms with E-state index in [2.05, 4.69) is 47.2 Å². The summed E-state index contributed by atoms with van der Waals surface area (Å²) in [5.74, 6) is 6.89. The SMILES string of the molecule is COc1cnc(C(F)F)cc1-c1cc(-c2noc(C)n2)ccc1C(=O)Nc1nc2ncc(C#CC3CC3)nc2s1. The first kappa shape index (κ1) is 25.4. The van der Waals surface area contributed by atoms with Gasteiger partial charge in [-0.2, -0.15) is 9.97 Å². The summed E-state index contributed by atoms with van der Waals surface area (Å²) in [6.45, 7) is 1.64. The van der Waals surface area contributed by atoms with Crippen LogP contribution in [0.15, 0.2) is 41.2 Å². The summed E-state index contributed by atoms with van der Waals surface area (Å²) in [6, 6.07) is 5.98. The molecule has 4 aromatic heterocycles. The number of ether oxygens (including phenoxy) is 1. The van der Waals surface area contributed by atoms with Gasteiger partial charge in [-0.1, -0.05) is 28.5 Å². The van der Waals surface area contributed by atoms with Gasteiger partial charge in [0.05, 0.1) is 19.5 Å². The number of pyridine rings is 1. The summed E-state index contributed by atoms with van der Waals surface area (Å²) in [6.07, 6.45) is 2.12. The van der Waals surface area contributed by atoms with Crippen molar-refractivity contribution < 1.29 is 22.8 Å². The van der Waals surface area contributed by atoms with Crippen LogP contribution >= 0.6 is 11.3 Å². The standard InChI is InChI=1S/C27H19F2N7O3S/c1-13-32-23(36-39-13)15-6-8-17(18(9-15)19-10-20(22(28)29)30-12-21(19)38-2)25(37)35-27-34-24-26(40-27)33-16(11-31-24)7-5-14-3-4-14/h6,8-12,14,22H,3-4H2,1-2H3,(H,31,34,35,37). The largest absolute Gasteiger partial charge is 0.494 e. The monoisotopic (exact) mass is 559 g/mol. The van der Waals surface area contributed by atoms with Gasteiger partial charge in [0, 0.05) is 29.5 Å². The van der Waals surface area contributed by atoms with Crippen LogP contribution in [0.1, 0.15) is 46.9 Å². The van der Waals surface area contributed by atoms with Crippen LogP contribution in [0.2, 0.25) is 0 Å². The molecule has 40 heavy (non-hydrogen) atoms. The van der Waals surface area contributed by atoms with Crippen molar-refractivity contribution in [2.24, 2.45) is 5.92 Å². The number of hydrogen-bond donors (Lipinski definition) is 1. The van der Waals surface area contributed by atoms with E-state index in [1.807, 2.05) is 0 Å². The Morgan fingerprint density at radius 1 is 1.15 bits per heavy atom. The van der Waals surface area contributed by atoms with Crippen molar-refractivity contribution >= 4 is 32.9 Å². The molecule has 1 aromatic carbocycles. The molecule has 0 aliphatic heterocycles. The van der Waals surface area contributed by atoms with E-state index < -0.39 is 18.0 Å². The van der Waals surface area contributed by atoms with Crippen LogP contribution in [0.25, 0.3) is 33.0 Å². The second kappa shape index (κ2) is 10.4. The molecular weight excluding hydrogens is 540 g/mol. The van der Waals surface area contributed by atoms with Crippen LogP contribution in [0.5, 0.6) is 5.75 Å². The van der Waals surface area contributed by atoms with E-state index in [1.54, 1.807) is 31.3 Å². The van der Waals surface area contributed by atoms with E-state index in [4.69, 9.17) is 9.26 Å². The smallest absolute Gasteiger partial charge is 0.280 e. The average Bonchev–Trinajstić information content (AvgIpc) is 3.55. The van der Waals surface area contributed by atoms with Crippen molar-refractivity contribution in [3.63, 3.8) is 0 Å². The van der Waals surface area contributed by atoms with Gasteiger partial charge in [0.25, 0.3) is 12.3 Å². The van der Waals surface area contributed by atoms with Crippen LogP contribution in [0.4, 0.5) is 13.9 Å². The number of nitrogens with one attached hydrogen (secondary N) is 1. The fraction of sp³-hybridized carbons (Fsp3) is 0.222. The van der Waals surface area contributed by atoms with Crippen LogP contribution in [-0.4, -0.2) is 43.1 Å².